The van der Waals surface area contributed by atoms with Crippen LogP contribution in [-0.4, -0.2) is 26.9 Å². The summed E-state index contributed by atoms with van der Waals surface area (Å²) < 4.78 is 0. The van der Waals surface area contributed by atoms with E-state index in [-0.39, 0.29) is 0 Å². The molecular formula is C6H8N4O2. The Morgan fingerprint density at radius 3 is 2.25 bits per heavy atom. The van der Waals surface area contributed by atoms with Gasteiger partial charge in [0.05, 0.1) is 12.4 Å². The highest BCUT2D eigenvalue weighted by molar-refractivity contribution is 6.05. The number of imide groups is 1. The summed E-state index contributed by atoms with van der Waals surface area (Å²) in [4.78, 5) is 22.9. The minimum atomic E-state index is -0.395. The molecule has 64 valence electrons. The second-order valence-electron chi connectivity index (χ2n) is 2.17. The molecule has 0 N–H and O–H groups in total. The van der Waals surface area contributed by atoms with Gasteiger partial charge in [-0.05, 0) is 5.21 Å². The van der Waals surface area contributed by atoms with E-state index in [9.17, 15) is 9.59 Å². The summed E-state index contributed by atoms with van der Waals surface area (Å²) in [6, 6.07) is 0. The summed E-state index contributed by atoms with van der Waals surface area (Å²) in [6.07, 6.45) is 2.81. The van der Waals surface area contributed by atoms with Crippen LogP contribution in [0.2, 0.25) is 0 Å². The first-order valence-electron chi connectivity index (χ1n) is 3.31. The number of carbonyl (C=O) groups excluding carboxylic acids is 2. The molecule has 0 atom stereocenters. The lowest BCUT2D eigenvalue weighted by atomic mass is 10.6. The Bertz CT molecular complexity index is 279. The maximum atomic E-state index is 10.9. The van der Waals surface area contributed by atoms with Gasteiger partial charge in [-0.2, -0.15) is 5.01 Å². The molecule has 0 radical (unpaired) electrons. The van der Waals surface area contributed by atoms with E-state index in [2.05, 4.69) is 10.3 Å². The van der Waals surface area contributed by atoms with Crippen LogP contribution in [-0.2, 0) is 9.59 Å². The highest BCUT2D eigenvalue weighted by Crippen LogP contribution is 1.89. The Morgan fingerprint density at radius 2 is 1.92 bits per heavy atom. The maximum absolute atomic E-state index is 10.9. The maximum Gasteiger partial charge on any atom is 0.246 e. The van der Waals surface area contributed by atoms with Gasteiger partial charge in [0.2, 0.25) is 11.8 Å². The van der Waals surface area contributed by atoms with Crippen LogP contribution in [0.25, 0.3) is 0 Å². The lowest BCUT2D eigenvalue weighted by Crippen LogP contribution is -2.43. The van der Waals surface area contributed by atoms with Crippen LogP contribution in [0, 0.1) is 0 Å². The van der Waals surface area contributed by atoms with Crippen molar-refractivity contribution in [2.75, 3.05) is 5.01 Å². The molecule has 0 aliphatic heterocycles. The molecule has 0 spiro atoms. The first-order chi connectivity index (χ1) is 5.63. The normalized spacial score (nSPS) is 9.50. The van der Waals surface area contributed by atoms with Crippen molar-refractivity contribution in [3.05, 3.63) is 12.4 Å². The number of hydrogen-bond acceptors (Lipinski definition) is 4. The third kappa shape index (κ3) is 1.47. The molecule has 12 heavy (non-hydrogen) atoms. The molecule has 0 saturated carbocycles. The number of nitrogens with zero attached hydrogens (tertiary/aromatic N) is 4. The predicted octanol–water partition coefficient (Wildman–Crippen LogP) is -0.691. The summed E-state index contributed by atoms with van der Waals surface area (Å²) in [5.74, 6) is -0.791. The van der Waals surface area contributed by atoms with Crippen molar-refractivity contribution >= 4 is 11.8 Å². The largest absolute Gasteiger partial charge is 0.273 e. The van der Waals surface area contributed by atoms with E-state index in [0.717, 1.165) is 9.80 Å². The zero-order valence-electron chi connectivity index (χ0n) is 6.76. The fourth-order valence-electron chi connectivity index (χ4n) is 0.819. The SMILES string of the molecule is CC(=O)N(C(C)=O)n1ccnn1. The molecule has 0 aliphatic carbocycles. The van der Waals surface area contributed by atoms with E-state index in [4.69, 9.17) is 0 Å². The van der Waals surface area contributed by atoms with E-state index in [1.54, 1.807) is 0 Å². The van der Waals surface area contributed by atoms with Gasteiger partial charge >= 0.3 is 0 Å². The van der Waals surface area contributed by atoms with Crippen molar-refractivity contribution in [3.63, 3.8) is 0 Å². The van der Waals surface area contributed by atoms with Crippen molar-refractivity contribution in [2.45, 2.75) is 13.8 Å². The quantitative estimate of drug-likeness (QED) is 0.556. The van der Waals surface area contributed by atoms with Gasteiger partial charge < -0.3 is 0 Å². The van der Waals surface area contributed by atoms with Crippen LogP contribution in [0.5, 0.6) is 0 Å². The second kappa shape index (κ2) is 3.12. The van der Waals surface area contributed by atoms with Crippen LogP contribution in [0.3, 0.4) is 0 Å². The minimum absolute atomic E-state index is 0.395. The molecule has 6 heteroatoms. The molecule has 0 saturated heterocycles. The zero-order valence-corrected chi connectivity index (χ0v) is 6.76. The smallest absolute Gasteiger partial charge is 0.246 e. The van der Waals surface area contributed by atoms with E-state index in [1.165, 1.54) is 26.2 Å². The number of carbonyl (C=O) groups is 2. The standard InChI is InChI=1S/C6H8N4O2/c1-5(11)10(6(2)12)9-4-3-7-8-9/h3-4H,1-2H3. The third-order valence-corrected chi connectivity index (χ3v) is 1.21. The van der Waals surface area contributed by atoms with Crippen molar-refractivity contribution in [2.24, 2.45) is 0 Å². The lowest BCUT2D eigenvalue weighted by Gasteiger charge is -2.14. The highest BCUT2D eigenvalue weighted by Gasteiger charge is 2.15. The Kier molecular flexibility index (Phi) is 2.18. The highest BCUT2D eigenvalue weighted by atomic mass is 16.2. The summed E-state index contributed by atoms with van der Waals surface area (Å²) in [5.41, 5.74) is 0. The lowest BCUT2D eigenvalue weighted by molar-refractivity contribution is -0.126. The van der Waals surface area contributed by atoms with Gasteiger partial charge in [-0.1, -0.05) is 0 Å². The van der Waals surface area contributed by atoms with E-state index >= 15 is 0 Å². The summed E-state index contributed by atoms with van der Waals surface area (Å²) in [5, 5.41) is 7.87. The third-order valence-electron chi connectivity index (χ3n) is 1.21. The Hall–Kier alpha value is -1.72. The average Bonchev–Trinajstić information content (AvgIpc) is 2.37. The molecule has 0 aromatic carbocycles. The van der Waals surface area contributed by atoms with Crippen LogP contribution in [0.15, 0.2) is 12.4 Å². The van der Waals surface area contributed by atoms with E-state index in [0.29, 0.717) is 0 Å². The minimum Gasteiger partial charge on any atom is -0.273 e. The molecule has 1 aromatic heterocycles. The Labute approximate surface area is 68.7 Å². The Morgan fingerprint density at radius 1 is 1.33 bits per heavy atom. The molecule has 0 aliphatic rings. The molecule has 2 amide bonds. The summed E-state index contributed by atoms with van der Waals surface area (Å²) in [7, 11) is 0. The van der Waals surface area contributed by atoms with E-state index in [1.807, 2.05) is 0 Å². The fourth-order valence-corrected chi connectivity index (χ4v) is 0.819. The molecular weight excluding hydrogens is 160 g/mol. The number of rotatable bonds is 1. The van der Waals surface area contributed by atoms with Crippen LogP contribution in [0.1, 0.15) is 13.8 Å². The topological polar surface area (TPSA) is 68.1 Å². The van der Waals surface area contributed by atoms with Crippen LogP contribution in [0.4, 0.5) is 0 Å². The van der Waals surface area contributed by atoms with Gasteiger partial charge in [0.1, 0.15) is 0 Å². The van der Waals surface area contributed by atoms with Crippen molar-refractivity contribution in [3.8, 4) is 0 Å². The number of aromatic nitrogens is 3. The predicted molar refractivity (Wildman–Crippen MR) is 39.6 cm³/mol. The van der Waals surface area contributed by atoms with Gasteiger partial charge in [0, 0.05) is 13.8 Å². The molecule has 1 heterocycles. The summed E-state index contributed by atoms with van der Waals surface area (Å²) >= 11 is 0. The molecule has 1 aromatic rings. The van der Waals surface area contributed by atoms with Gasteiger partial charge in [0.25, 0.3) is 0 Å². The second-order valence-corrected chi connectivity index (χ2v) is 2.17. The molecule has 1 rings (SSSR count). The number of amides is 2. The fraction of sp³-hybridized carbons (Fsp3) is 0.333. The van der Waals surface area contributed by atoms with Crippen molar-refractivity contribution in [1.82, 2.24) is 15.1 Å². The zero-order chi connectivity index (χ0) is 9.14. The molecule has 0 fully saturated rings. The first kappa shape index (κ1) is 8.38. The monoisotopic (exact) mass is 168 g/mol. The van der Waals surface area contributed by atoms with Gasteiger partial charge in [-0.3, -0.25) is 9.59 Å². The van der Waals surface area contributed by atoms with Gasteiger partial charge in [-0.15, -0.1) is 9.89 Å². The molecule has 6 nitrogen and oxygen atoms in total. The van der Waals surface area contributed by atoms with E-state index < -0.39 is 11.8 Å². The first-order valence-corrected chi connectivity index (χ1v) is 3.31. The summed E-state index contributed by atoms with van der Waals surface area (Å²) in [6.45, 7) is 2.56. The van der Waals surface area contributed by atoms with Crippen LogP contribution < -0.4 is 5.01 Å². The van der Waals surface area contributed by atoms with Crippen LogP contribution >= 0.6 is 0 Å². The molecule has 0 unspecified atom stereocenters. The van der Waals surface area contributed by atoms with Crippen molar-refractivity contribution < 1.29 is 9.59 Å². The van der Waals surface area contributed by atoms with Gasteiger partial charge in [0.15, 0.2) is 0 Å². The molecule has 0 bridgehead atoms. The average molecular weight is 168 g/mol. The van der Waals surface area contributed by atoms with Gasteiger partial charge in [-0.25, -0.2) is 0 Å². The van der Waals surface area contributed by atoms with Crippen molar-refractivity contribution in [1.29, 1.82) is 0 Å². The number of hydrogen-bond donors (Lipinski definition) is 0. The Balaban J connectivity index is 2.96.